The van der Waals surface area contributed by atoms with Crippen LogP contribution in [-0.2, 0) is 10.0 Å². The molecular weight excluding hydrogens is 313 g/mol. The van der Waals surface area contributed by atoms with E-state index in [0.717, 1.165) is 10.9 Å². The zero-order valence-corrected chi connectivity index (χ0v) is 13.5. The quantitative estimate of drug-likeness (QED) is 0.844. The summed E-state index contributed by atoms with van der Waals surface area (Å²) in [6.07, 6.45) is 1.66. The van der Waals surface area contributed by atoms with Crippen molar-refractivity contribution in [3.8, 4) is 0 Å². The lowest BCUT2D eigenvalue weighted by Crippen LogP contribution is -2.28. The number of anilines is 1. The lowest BCUT2D eigenvalue weighted by Gasteiger charge is -2.14. The molecule has 0 amide bonds. The van der Waals surface area contributed by atoms with E-state index in [4.69, 9.17) is 5.73 Å². The van der Waals surface area contributed by atoms with Gasteiger partial charge in [0.1, 0.15) is 15.7 Å². The molecule has 0 saturated heterocycles. The molecule has 2 aromatic rings. The van der Waals surface area contributed by atoms with Crippen LogP contribution in [-0.4, -0.2) is 13.4 Å². The maximum absolute atomic E-state index is 14.0. The minimum atomic E-state index is -4.01. The van der Waals surface area contributed by atoms with Gasteiger partial charge in [0.25, 0.3) is 0 Å². The predicted octanol–water partition coefficient (Wildman–Crippen LogP) is 2.52. The number of rotatable bonds is 4. The summed E-state index contributed by atoms with van der Waals surface area (Å²) >= 11 is 1.39. The van der Waals surface area contributed by atoms with Gasteiger partial charge in [-0.05, 0) is 38.5 Å². The average Bonchev–Trinajstić information content (AvgIpc) is 2.80. The monoisotopic (exact) mass is 329 g/mol. The Bertz CT molecular complexity index is 772. The minimum absolute atomic E-state index is 0.188. The number of thiazole rings is 1. The van der Waals surface area contributed by atoms with Gasteiger partial charge >= 0.3 is 0 Å². The van der Waals surface area contributed by atoms with Crippen molar-refractivity contribution < 1.29 is 12.8 Å². The SMILES string of the molecule is Cc1cnc(C(C)NS(=O)(=O)c2cc(N)cc(C)c2F)s1. The zero-order valence-electron chi connectivity index (χ0n) is 11.8. The van der Waals surface area contributed by atoms with Crippen LogP contribution in [0.15, 0.2) is 23.2 Å². The number of nitrogens with two attached hydrogens (primary N) is 1. The molecule has 0 spiro atoms. The second-order valence-corrected chi connectivity index (χ2v) is 7.75. The summed E-state index contributed by atoms with van der Waals surface area (Å²) in [7, 11) is -4.01. The second-order valence-electron chi connectivity index (χ2n) is 4.80. The standard InChI is InChI=1S/C13H16FN3O2S2/c1-7-4-10(15)5-11(12(7)14)21(18,19)17-9(3)13-16-6-8(2)20-13/h4-6,9,17H,15H2,1-3H3. The molecule has 1 unspecified atom stereocenters. The highest BCUT2D eigenvalue weighted by molar-refractivity contribution is 7.89. The van der Waals surface area contributed by atoms with E-state index in [0.29, 0.717) is 5.01 Å². The molecule has 0 fully saturated rings. The Morgan fingerprint density at radius 2 is 2.05 bits per heavy atom. The number of aryl methyl sites for hydroxylation is 2. The highest BCUT2D eigenvalue weighted by Gasteiger charge is 2.24. The first-order chi connectivity index (χ1) is 9.70. The number of benzene rings is 1. The summed E-state index contributed by atoms with van der Waals surface area (Å²) in [5, 5.41) is 0.622. The second kappa shape index (κ2) is 5.70. The average molecular weight is 329 g/mol. The Hall–Kier alpha value is -1.51. The molecule has 5 nitrogen and oxygen atoms in total. The molecular formula is C13H16FN3O2S2. The molecule has 1 aromatic carbocycles. The van der Waals surface area contributed by atoms with Crippen LogP contribution in [0.2, 0.25) is 0 Å². The van der Waals surface area contributed by atoms with Crippen LogP contribution in [0.4, 0.5) is 10.1 Å². The summed E-state index contributed by atoms with van der Waals surface area (Å²) in [6, 6.07) is 1.96. The summed E-state index contributed by atoms with van der Waals surface area (Å²) < 4.78 is 41.1. The number of nitrogens with one attached hydrogen (secondary N) is 1. The van der Waals surface area contributed by atoms with Crippen LogP contribution >= 0.6 is 11.3 Å². The number of nitrogens with zero attached hydrogens (tertiary/aromatic N) is 1. The molecule has 21 heavy (non-hydrogen) atoms. The molecule has 0 aliphatic heterocycles. The van der Waals surface area contributed by atoms with Gasteiger partial charge in [-0.1, -0.05) is 0 Å². The highest BCUT2D eigenvalue weighted by atomic mass is 32.2. The van der Waals surface area contributed by atoms with Crippen molar-refractivity contribution in [3.63, 3.8) is 0 Å². The van der Waals surface area contributed by atoms with Gasteiger partial charge in [0.2, 0.25) is 10.0 Å². The molecule has 0 bridgehead atoms. The molecule has 3 N–H and O–H groups in total. The van der Waals surface area contributed by atoms with Crippen LogP contribution in [0.3, 0.4) is 0 Å². The normalized spacial score (nSPS) is 13.3. The van der Waals surface area contributed by atoms with Gasteiger partial charge in [-0.15, -0.1) is 11.3 Å². The Kier molecular flexibility index (Phi) is 4.31. The number of aromatic nitrogens is 1. The van der Waals surface area contributed by atoms with Crippen LogP contribution in [0.1, 0.15) is 28.4 Å². The van der Waals surface area contributed by atoms with Crippen molar-refractivity contribution in [3.05, 3.63) is 39.6 Å². The van der Waals surface area contributed by atoms with E-state index in [9.17, 15) is 12.8 Å². The first-order valence-electron chi connectivity index (χ1n) is 6.21. The van der Waals surface area contributed by atoms with Crippen LogP contribution < -0.4 is 10.5 Å². The van der Waals surface area contributed by atoms with Gasteiger partial charge in [-0.2, -0.15) is 0 Å². The van der Waals surface area contributed by atoms with Gasteiger partial charge in [0.05, 0.1) is 6.04 Å². The summed E-state index contributed by atoms with van der Waals surface area (Å²) in [5.41, 5.74) is 5.99. The zero-order chi connectivity index (χ0) is 15.8. The summed E-state index contributed by atoms with van der Waals surface area (Å²) in [4.78, 5) is 4.65. The van der Waals surface area contributed by atoms with E-state index in [1.54, 1.807) is 13.1 Å². The van der Waals surface area contributed by atoms with Crippen molar-refractivity contribution in [2.45, 2.75) is 31.7 Å². The van der Waals surface area contributed by atoms with Crippen molar-refractivity contribution in [1.82, 2.24) is 9.71 Å². The largest absolute Gasteiger partial charge is 0.399 e. The Morgan fingerprint density at radius 3 is 2.62 bits per heavy atom. The smallest absolute Gasteiger partial charge is 0.244 e. The third-order valence-electron chi connectivity index (χ3n) is 2.87. The molecule has 0 radical (unpaired) electrons. The van der Waals surface area contributed by atoms with Crippen molar-refractivity contribution >= 4 is 27.0 Å². The predicted molar refractivity (Wildman–Crippen MR) is 81.1 cm³/mol. The van der Waals surface area contributed by atoms with Crippen molar-refractivity contribution in [2.24, 2.45) is 0 Å². The lowest BCUT2D eigenvalue weighted by atomic mass is 10.2. The first kappa shape index (κ1) is 15.9. The van der Waals surface area contributed by atoms with E-state index in [2.05, 4.69) is 9.71 Å². The van der Waals surface area contributed by atoms with Gasteiger partial charge in [-0.3, -0.25) is 0 Å². The van der Waals surface area contributed by atoms with E-state index in [-0.39, 0.29) is 11.3 Å². The molecule has 0 aliphatic rings. The molecule has 0 saturated carbocycles. The third kappa shape index (κ3) is 3.39. The summed E-state index contributed by atoms with van der Waals surface area (Å²) in [5.74, 6) is -0.792. The van der Waals surface area contributed by atoms with Crippen LogP contribution in [0, 0.1) is 19.7 Å². The fraction of sp³-hybridized carbons (Fsp3) is 0.308. The Morgan fingerprint density at radius 1 is 1.38 bits per heavy atom. The molecule has 114 valence electrons. The third-order valence-corrected chi connectivity index (χ3v) is 5.51. The van der Waals surface area contributed by atoms with Crippen LogP contribution in [0.5, 0.6) is 0 Å². The molecule has 1 atom stereocenters. The number of halogens is 1. The maximum Gasteiger partial charge on any atom is 0.244 e. The minimum Gasteiger partial charge on any atom is -0.399 e. The number of hydrogen-bond donors (Lipinski definition) is 2. The number of nitrogen functional groups attached to an aromatic ring is 1. The van der Waals surface area contributed by atoms with Crippen molar-refractivity contribution in [2.75, 3.05) is 5.73 Å². The molecule has 2 rings (SSSR count). The van der Waals surface area contributed by atoms with Gasteiger partial charge in [0.15, 0.2) is 0 Å². The van der Waals surface area contributed by atoms with E-state index < -0.39 is 26.8 Å². The Balaban J connectivity index is 2.35. The number of sulfonamides is 1. The van der Waals surface area contributed by atoms with E-state index in [1.165, 1.54) is 24.3 Å². The molecule has 1 heterocycles. The van der Waals surface area contributed by atoms with E-state index >= 15 is 0 Å². The maximum atomic E-state index is 14.0. The van der Waals surface area contributed by atoms with Gasteiger partial charge in [-0.25, -0.2) is 22.5 Å². The van der Waals surface area contributed by atoms with Gasteiger partial charge in [0, 0.05) is 16.8 Å². The fourth-order valence-electron chi connectivity index (χ4n) is 1.88. The fourth-order valence-corrected chi connectivity index (χ4v) is 4.12. The highest BCUT2D eigenvalue weighted by Crippen LogP contribution is 2.25. The first-order valence-corrected chi connectivity index (χ1v) is 8.51. The molecule has 8 heteroatoms. The van der Waals surface area contributed by atoms with Gasteiger partial charge < -0.3 is 5.73 Å². The number of hydrogen-bond acceptors (Lipinski definition) is 5. The van der Waals surface area contributed by atoms with Crippen LogP contribution in [0.25, 0.3) is 0 Å². The topological polar surface area (TPSA) is 85.1 Å². The van der Waals surface area contributed by atoms with E-state index in [1.807, 2.05) is 6.92 Å². The lowest BCUT2D eigenvalue weighted by molar-refractivity contribution is 0.543. The molecule has 0 aliphatic carbocycles. The molecule has 1 aromatic heterocycles. The summed E-state index contributed by atoms with van der Waals surface area (Å²) in [6.45, 7) is 5.01. The van der Waals surface area contributed by atoms with Crippen molar-refractivity contribution in [1.29, 1.82) is 0 Å². The Labute approximate surface area is 127 Å².